The van der Waals surface area contributed by atoms with Crippen LogP contribution >= 0.6 is 0 Å². The summed E-state index contributed by atoms with van der Waals surface area (Å²) in [5.74, 6) is -6.89. The number of carboxylic acid groups (broad SMARTS) is 1. The van der Waals surface area contributed by atoms with Gasteiger partial charge in [0, 0.05) is 25.2 Å². The third-order valence-corrected chi connectivity index (χ3v) is 2.26. The van der Waals surface area contributed by atoms with E-state index in [9.17, 15) is 22.8 Å². The topological polar surface area (TPSA) is 86.6 Å². The van der Waals surface area contributed by atoms with Gasteiger partial charge in [-0.25, -0.2) is 18.0 Å². The molecule has 0 aliphatic carbocycles. The molecule has 3 N–H and O–H groups in total. The quantitative estimate of drug-likeness (QED) is 0.738. The van der Waals surface area contributed by atoms with E-state index in [0.29, 0.717) is 12.1 Å². The van der Waals surface area contributed by atoms with Gasteiger partial charge in [0.1, 0.15) is 29.1 Å². The van der Waals surface area contributed by atoms with Crippen LogP contribution in [0, 0.1) is 17.5 Å². The van der Waals surface area contributed by atoms with Gasteiger partial charge in [0.05, 0.1) is 0 Å². The van der Waals surface area contributed by atoms with Gasteiger partial charge in [0.2, 0.25) is 0 Å². The fourth-order valence-corrected chi connectivity index (χ4v) is 1.38. The molecule has 1 aromatic carbocycles. The zero-order chi connectivity index (χ0) is 14.6. The Kier molecular flexibility index (Phi) is 4.87. The predicted molar refractivity (Wildman–Crippen MR) is 56.9 cm³/mol. The number of benzene rings is 1. The van der Waals surface area contributed by atoms with Crippen LogP contribution in [0.15, 0.2) is 12.1 Å². The highest BCUT2D eigenvalue weighted by atomic mass is 19.1. The highest BCUT2D eigenvalue weighted by Gasteiger charge is 2.24. The van der Waals surface area contributed by atoms with Crippen molar-refractivity contribution in [3.8, 4) is 0 Å². The summed E-state index contributed by atoms with van der Waals surface area (Å²) in [5.41, 5.74) is -1.08. The number of rotatable bonds is 5. The first-order valence-corrected chi connectivity index (χ1v) is 5.16. The second kappa shape index (κ2) is 6.19. The summed E-state index contributed by atoms with van der Waals surface area (Å²) >= 11 is 0. The zero-order valence-corrected chi connectivity index (χ0v) is 9.49. The van der Waals surface area contributed by atoms with Crippen molar-refractivity contribution in [3.63, 3.8) is 0 Å². The SMILES string of the molecule is O=C(NC(CCO)C(=O)O)c1c(F)cc(F)cc1F. The van der Waals surface area contributed by atoms with Gasteiger partial charge < -0.3 is 15.5 Å². The van der Waals surface area contributed by atoms with E-state index < -0.39 is 47.5 Å². The molecular formula is C11H10F3NO4. The monoisotopic (exact) mass is 277 g/mol. The van der Waals surface area contributed by atoms with Gasteiger partial charge in [0.25, 0.3) is 5.91 Å². The van der Waals surface area contributed by atoms with Crippen molar-refractivity contribution in [2.75, 3.05) is 6.61 Å². The van der Waals surface area contributed by atoms with Crippen molar-refractivity contribution in [1.82, 2.24) is 5.32 Å². The molecule has 0 bridgehead atoms. The molecule has 8 heteroatoms. The molecule has 0 aromatic heterocycles. The van der Waals surface area contributed by atoms with Crippen molar-refractivity contribution in [1.29, 1.82) is 0 Å². The maximum atomic E-state index is 13.3. The second-order valence-electron chi connectivity index (χ2n) is 3.62. The first-order valence-electron chi connectivity index (χ1n) is 5.16. The molecule has 0 spiro atoms. The van der Waals surface area contributed by atoms with E-state index in [4.69, 9.17) is 10.2 Å². The van der Waals surface area contributed by atoms with E-state index in [2.05, 4.69) is 0 Å². The van der Waals surface area contributed by atoms with Gasteiger partial charge in [-0.3, -0.25) is 4.79 Å². The van der Waals surface area contributed by atoms with Crippen molar-refractivity contribution < 1.29 is 33.0 Å². The van der Waals surface area contributed by atoms with Gasteiger partial charge in [-0.15, -0.1) is 0 Å². The van der Waals surface area contributed by atoms with Crippen molar-refractivity contribution in [2.45, 2.75) is 12.5 Å². The Labute approximate surface area is 105 Å². The van der Waals surface area contributed by atoms with E-state index in [1.165, 1.54) is 0 Å². The molecular weight excluding hydrogens is 267 g/mol. The van der Waals surface area contributed by atoms with Crippen LogP contribution in [0.5, 0.6) is 0 Å². The lowest BCUT2D eigenvalue weighted by Crippen LogP contribution is -2.42. The minimum atomic E-state index is -1.50. The van der Waals surface area contributed by atoms with Crippen molar-refractivity contribution in [2.24, 2.45) is 0 Å². The third kappa shape index (κ3) is 3.68. The second-order valence-corrected chi connectivity index (χ2v) is 3.62. The number of nitrogens with one attached hydrogen (secondary N) is 1. The van der Waals surface area contributed by atoms with Crippen LogP contribution in [-0.2, 0) is 4.79 Å². The van der Waals surface area contributed by atoms with E-state index in [-0.39, 0.29) is 6.42 Å². The molecule has 0 aliphatic rings. The van der Waals surface area contributed by atoms with Gasteiger partial charge in [-0.05, 0) is 0 Å². The molecule has 5 nitrogen and oxygen atoms in total. The molecule has 0 fully saturated rings. The third-order valence-electron chi connectivity index (χ3n) is 2.26. The van der Waals surface area contributed by atoms with Crippen LogP contribution in [0.4, 0.5) is 13.2 Å². The summed E-state index contributed by atoms with van der Waals surface area (Å²) in [7, 11) is 0. The maximum absolute atomic E-state index is 13.3. The van der Waals surface area contributed by atoms with E-state index in [0.717, 1.165) is 0 Å². The van der Waals surface area contributed by atoms with E-state index >= 15 is 0 Å². The summed E-state index contributed by atoms with van der Waals surface area (Å²) in [5, 5.41) is 19.1. The van der Waals surface area contributed by atoms with Gasteiger partial charge in [-0.1, -0.05) is 0 Å². The average Bonchev–Trinajstić information content (AvgIpc) is 2.26. The zero-order valence-electron chi connectivity index (χ0n) is 9.49. The summed E-state index contributed by atoms with van der Waals surface area (Å²) in [6, 6.07) is -0.888. The average molecular weight is 277 g/mol. The van der Waals surface area contributed by atoms with Gasteiger partial charge >= 0.3 is 5.97 Å². The van der Waals surface area contributed by atoms with Crippen molar-refractivity contribution in [3.05, 3.63) is 35.1 Å². The molecule has 0 radical (unpaired) electrons. The fourth-order valence-electron chi connectivity index (χ4n) is 1.38. The summed E-state index contributed by atoms with van der Waals surface area (Å²) in [4.78, 5) is 22.2. The Bertz CT molecular complexity index is 484. The molecule has 19 heavy (non-hydrogen) atoms. The molecule has 0 saturated heterocycles. The Morgan fingerprint density at radius 3 is 2.16 bits per heavy atom. The number of carboxylic acids is 1. The number of halogens is 3. The Morgan fingerprint density at radius 1 is 1.21 bits per heavy atom. The molecule has 0 heterocycles. The number of carbonyl (C=O) groups is 2. The van der Waals surface area contributed by atoms with Crippen LogP contribution in [-0.4, -0.2) is 34.7 Å². The number of aliphatic carboxylic acids is 1. The Morgan fingerprint density at radius 2 is 1.74 bits per heavy atom. The van der Waals surface area contributed by atoms with Crippen LogP contribution < -0.4 is 5.32 Å². The highest BCUT2D eigenvalue weighted by molar-refractivity contribution is 5.97. The summed E-state index contributed by atoms with van der Waals surface area (Å²) < 4.78 is 39.2. The lowest BCUT2D eigenvalue weighted by Gasteiger charge is -2.13. The Hall–Kier alpha value is -2.09. The minimum absolute atomic E-state index is 0.305. The van der Waals surface area contributed by atoms with Crippen molar-refractivity contribution >= 4 is 11.9 Å². The Balaban J connectivity index is 2.98. The van der Waals surface area contributed by atoms with Crippen LogP contribution in [0.1, 0.15) is 16.8 Å². The summed E-state index contributed by atoms with van der Waals surface area (Å²) in [6.45, 7) is -0.536. The number of carbonyl (C=O) groups excluding carboxylic acids is 1. The van der Waals surface area contributed by atoms with Gasteiger partial charge in [-0.2, -0.15) is 0 Å². The normalized spacial score (nSPS) is 12.0. The van der Waals surface area contributed by atoms with E-state index in [1.807, 2.05) is 5.32 Å². The number of hydrogen-bond acceptors (Lipinski definition) is 3. The first-order chi connectivity index (χ1) is 8.86. The highest BCUT2D eigenvalue weighted by Crippen LogP contribution is 2.15. The number of aliphatic hydroxyl groups is 1. The predicted octanol–water partition coefficient (Wildman–Crippen LogP) is 0.669. The smallest absolute Gasteiger partial charge is 0.326 e. The lowest BCUT2D eigenvalue weighted by atomic mass is 10.1. The van der Waals surface area contributed by atoms with Gasteiger partial charge in [0.15, 0.2) is 0 Å². The largest absolute Gasteiger partial charge is 0.480 e. The fraction of sp³-hybridized carbons (Fsp3) is 0.273. The molecule has 1 aromatic rings. The molecule has 1 amide bonds. The van der Waals surface area contributed by atoms with E-state index in [1.54, 1.807) is 0 Å². The first kappa shape index (κ1) is 15.0. The number of amides is 1. The van der Waals surface area contributed by atoms with Crippen LogP contribution in [0.2, 0.25) is 0 Å². The molecule has 104 valence electrons. The molecule has 0 aliphatic heterocycles. The molecule has 1 unspecified atom stereocenters. The molecule has 1 atom stereocenters. The van der Waals surface area contributed by atoms with Crippen LogP contribution in [0.25, 0.3) is 0 Å². The number of hydrogen-bond donors (Lipinski definition) is 3. The standard InChI is InChI=1S/C11H10F3NO4/c12-5-3-6(13)9(7(14)4-5)10(17)15-8(1-2-16)11(18)19/h3-4,8,16H,1-2H2,(H,15,17)(H,18,19). The minimum Gasteiger partial charge on any atom is -0.480 e. The molecule has 0 saturated carbocycles. The maximum Gasteiger partial charge on any atom is 0.326 e. The van der Waals surface area contributed by atoms with Crippen LogP contribution in [0.3, 0.4) is 0 Å². The number of aliphatic hydroxyl groups excluding tert-OH is 1. The lowest BCUT2D eigenvalue weighted by molar-refractivity contribution is -0.139. The molecule has 1 rings (SSSR count). The summed E-state index contributed by atoms with van der Waals surface area (Å²) in [6.07, 6.45) is -0.328.